The summed E-state index contributed by atoms with van der Waals surface area (Å²) in [6, 6.07) is 10.1. The molecule has 1 heterocycles. The Morgan fingerprint density at radius 2 is 1.83 bits per heavy atom. The van der Waals surface area contributed by atoms with Gasteiger partial charge in [0.05, 0.1) is 4.91 Å². The van der Waals surface area contributed by atoms with Gasteiger partial charge in [-0.25, -0.2) is 4.79 Å². The molecule has 0 spiro atoms. The second-order valence-electron chi connectivity index (χ2n) is 8.76. The normalized spacial score (nSPS) is 18.5. The summed E-state index contributed by atoms with van der Waals surface area (Å²) in [5, 5.41) is 0. The van der Waals surface area contributed by atoms with E-state index in [-0.39, 0.29) is 17.2 Å². The lowest BCUT2D eigenvalue weighted by Crippen LogP contribution is -2.26. The molecule has 0 amide bonds. The lowest BCUT2D eigenvalue weighted by Gasteiger charge is -2.31. The third-order valence-electron chi connectivity index (χ3n) is 5.44. The molecule has 0 fully saturated rings. The van der Waals surface area contributed by atoms with E-state index >= 15 is 0 Å². The molecule has 2 aliphatic rings. The Bertz CT molecular complexity index is 957. The molecule has 2 aliphatic carbocycles. The molecular weight excluding hydrogens is 400 g/mol. The molecule has 0 radical (unpaired) electrons. The second kappa shape index (κ2) is 8.11. The first kappa shape index (κ1) is 20.4. The van der Waals surface area contributed by atoms with Crippen LogP contribution in [0.4, 0.5) is 0 Å². The highest BCUT2D eigenvalue weighted by atomic mass is 32.2. The summed E-state index contributed by atoms with van der Waals surface area (Å²) in [7, 11) is 0. The van der Waals surface area contributed by atoms with E-state index in [2.05, 4.69) is 13.8 Å². The summed E-state index contributed by atoms with van der Waals surface area (Å²) in [5.74, 6) is 0.250. The van der Waals surface area contributed by atoms with Crippen LogP contribution in [0.2, 0.25) is 0 Å². The average Bonchev–Trinajstić information content (AvgIpc) is 3.10. The van der Waals surface area contributed by atoms with Crippen molar-refractivity contribution in [3.05, 3.63) is 61.9 Å². The molecule has 0 saturated heterocycles. The molecule has 4 rings (SSSR count). The molecule has 0 aliphatic heterocycles. The van der Waals surface area contributed by atoms with Crippen LogP contribution in [0.3, 0.4) is 0 Å². The van der Waals surface area contributed by atoms with E-state index in [1.54, 1.807) is 11.3 Å². The summed E-state index contributed by atoms with van der Waals surface area (Å²) in [6.45, 7) is 6.14. The number of ether oxygens (including phenoxy) is 1. The number of rotatable bonds is 4. The lowest BCUT2D eigenvalue weighted by molar-refractivity contribution is -0.117. The van der Waals surface area contributed by atoms with Crippen molar-refractivity contribution in [3.63, 3.8) is 0 Å². The average molecular weight is 427 g/mol. The Labute approximate surface area is 180 Å². The van der Waals surface area contributed by atoms with Crippen LogP contribution >= 0.6 is 23.1 Å². The Morgan fingerprint density at radius 1 is 1.10 bits per heavy atom. The van der Waals surface area contributed by atoms with Crippen molar-refractivity contribution in [2.24, 2.45) is 5.41 Å². The van der Waals surface area contributed by atoms with E-state index in [0.29, 0.717) is 28.4 Å². The van der Waals surface area contributed by atoms with Crippen molar-refractivity contribution in [1.29, 1.82) is 0 Å². The van der Waals surface area contributed by atoms with Gasteiger partial charge >= 0.3 is 5.97 Å². The summed E-state index contributed by atoms with van der Waals surface area (Å²) in [6.07, 6.45) is 5.52. The summed E-state index contributed by atoms with van der Waals surface area (Å²) in [4.78, 5) is 29.3. The molecule has 0 bridgehead atoms. The molecule has 0 N–H and O–H groups in total. The maximum atomic E-state index is 12.9. The first-order valence-electron chi connectivity index (χ1n) is 10.2. The molecule has 3 nitrogen and oxygen atoms in total. The van der Waals surface area contributed by atoms with Crippen LogP contribution in [-0.4, -0.2) is 11.8 Å². The number of thiophene rings is 1. The van der Waals surface area contributed by atoms with Gasteiger partial charge in [0, 0.05) is 22.6 Å². The molecule has 0 unspecified atom stereocenters. The van der Waals surface area contributed by atoms with Crippen LogP contribution in [0.15, 0.2) is 45.9 Å². The molecular formula is C24H26O3S2. The SMILES string of the molecule is Cc1ccc(SC2=C(OC(=O)c3cc4c(s3)CCCC4)CC(C)(C)CC2=O)cc1. The van der Waals surface area contributed by atoms with Crippen LogP contribution < -0.4 is 0 Å². The van der Waals surface area contributed by atoms with Crippen molar-refractivity contribution in [2.75, 3.05) is 0 Å². The van der Waals surface area contributed by atoms with Gasteiger partial charge in [-0.15, -0.1) is 11.3 Å². The quantitative estimate of drug-likeness (QED) is 0.525. The number of thioether (sulfide) groups is 1. The van der Waals surface area contributed by atoms with Gasteiger partial charge in [-0.1, -0.05) is 43.3 Å². The van der Waals surface area contributed by atoms with Crippen LogP contribution in [0.1, 0.15) is 65.2 Å². The fourth-order valence-electron chi connectivity index (χ4n) is 3.92. The summed E-state index contributed by atoms with van der Waals surface area (Å²) < 4.78 is 5.88. The zero-order valence-corrected chi connectivity index (χ0v) is 18.8. The maximum absolute atomic E-state index is 12.9. The van der Waals surface area contributed by atoms with Gasteiger partial charge in [0.25, 0.3) is 0 Å². The minimum absolute atomic E-state index is 0.0556. The topological polar surface area (TPSA) is 43.4 Å². The van der Waals surface area contributed by atoms with Gasteiger partial charge in [0.2, 0.25) is 0 Å². The van der Waals surface area contributed by atoms with Crippen molar-refractivity contribution < 1.29 is 14.3 Å². The van der Waals surface area contributed by atoms with Gasteiger partial charge in [-0.3, -0.25) is 4.79 Å². The van der Waals surface area contributed by atoms with Gasteiger partial charge in [0.1, 0.15) is 10.6 Å². The van der Waals surface area contributed by atoms with E-state index in [1.807, 2.05) is 37.3 Å². The first-order valence-corrected chi connectivity index (χ1v) is 11.8. The first-order chi connectivity index (χ1) is 13.8. The monoisotopic (exact) mass is 426 g/mol. The van der Waals surface area contributed by atoms with E-state index in [0.717, 1.165) is 17.7 Å². The number of benzene rings is 1. The number of allylic oxidation sites excluding steroid dienone is 2. The molecule has 5 heteroatoms. The van der Waals surface area contributed by atoms with Crippen molar-refractivity contribution in [3.8, 4) is 0 Å². The van der Waals surface area contributed by atoms with Gasteiger partial charge in [0.15, 0.2) is 5.78 Å². The number of carbonyl (C=O) groups is 2. The zero-order valence-electron chi connectivity index (χ0n) is 17.2. The number of Topliss-reactive ketones (excluding diaryl/α,β-unsaturated/α-hetero) is 1. The smallest absolute Gasteiger partial charge is 0.353 e. The maximum Gasteiger partial charge on any atom is 0.353 e. The molecule has 1 aromatic carbocycles. The summed E-state index contributed by atoms with van der Waals surface area (Å²) >= 11 is 2.96. The predicted molar refractivity (Wildman–Crippen MR) is 118 cm³/mol. The van der Waals surface area contributed by atoms with Crippen LogP contribution in [0.5, 0.6) is 0 Å². The molecule has 1 aromatic heterocycles. The standard InChI is InChI=1S/C24H26O3S2/c1-15-8-10-17(11-9-15)28-22-18(25)13-24(2,3)14-19(22)27-23(26)21-12-16-6-4-5-7-20(16)29-21/h8-12H,4-7,13-14H2,1-3H3. The summed E-state index contributed by atoms with van der Waals surface area (Å²) in [5.41, 5.74) is 2.25. The van der Waals surface area contributed by atoms with Crippen molar-refractivity contribution in [1.82, 2.24) is 0 Å². The number of aryl methyl sites for hydroxylation is 3. The van der Waals surface area contributed by atoms with Gasteiger partial charge in [-0.05, 0) is 61.8 Å². The fraction of sp³-hybridized carbons (Fsp3) is 0.417. The Hall–Kier alpha value is -1.85. The van der Waals surface area contributed by atoms with Crippen molar-refractivity contribution >= 4 is 34.9 Å². The third kappa shape index (κ3) is 4.67. The van der Waals surface area contributed by atoms with Gasteiger partial charge in [-0.2, -0.15) is 0 Å². The highest BCUT2D eigenvalue weighted by molar-refractivity contribution is 8.04. The Morgan fingerprint density at radius 3 is 2.55 bits per heavy atom. The second-order valence-corrected chi connectivity index (χ2v) is 11.0. The Balaban J connectivity index is 1.62. The molecule has 0 saturated carbocycles. The van der Waals surface area contributed by atoms with Gasteiger partial charge < -0.3 is 4.74 Å². The minimum atomic E-state index is -0.327. The number of carbonyl (C=O) groups excluding carboxylic acids is 2. The number of esters is 1. The van der Waals surface area contributed by atoms with Crippen LogP contribution in [0.25, 0.3) is 0 Å². The van der Waals surface area contributed by atoms with E-state index in [1.165, 1.54) is 40.6 Å². The number of ketones is 1. The third-order valence-corrected chi connectivity index (χ3v) is 7.82. The van der Waals surface area contributed by atoms with E-state index in [9.17, 15) is 9.59 Å². The van der Waals surface area contributed by atoms with Crippen LogP contribution in [-0.2, 0) is 22.4 Å². The highest BCUT2D eigenvalue weighted by Gasteiger charge is 2.36. The zero-order chi connectivity index (χ0) is 20.6. The predicted octanol–water partition coefficient (Wildman–Crippen LogP) is 6.49. The largest absolute Gasteiger partial charge is 0.426 e. The molecule has 29 heavy (non-hydrogen) atoms. The van der Waals surface area contributed by atoms with Crippen LogP contribution in [0, 0.1) is 12.3 Å². The molecule has 152 valence electrons. The lowest BCUT2D eigenvalue weighted by atomic mass is 9.79. The highest BCUT2D eigenvalue weighted by Crippen LogP contribution is 2.43. The number of hydrogen-bond acceptors (Lipinski definition) is 5. The number of hydrogen-bond donors (Lipinski definition) is 0. The van der Waals surface area contributed by atoms with Crippen molar-refractivity contribution in [2.45, 2.75) is 64.2 Å². The van der Waals surface area contributed by atoms with E-state index in [4.69, 9.17) is 4.74 Å². The van der Waals surface area contributed by atoms with E-state index < -0.39 is 0 Å². The fourth-order valence-corrected chi connectivity index (χ4v) is 5.97. The number of fused-ring (bicyclic) bond motifs is 1. The minimum Gasteiger partial charge on any atom is -0.426 e. The Kier molecular flexibility index (Phi) is 5.71. The molecule has 0 atom stereocenters. The molecule has 2 aromatic rings.